The molecule has 0 bridgehead atoms. The number of hydrogen-bond donors (Lipinski definition) is 1. The van der Waals surface area contributed by atoms with Crippen molar-refractivity contribution in [1.82, 2.24) is 0 Å². The number of ether oxygens (including phenoxy) is 3. The highest BCUT2D eigenvalue weighted by atomic mass is 16.6. The van der Waals surface area contributed by atoms with E-state index in [2.05, 4.69) is 0 Å². The Bertz CT molecular complexity index is 451. The molecule has 1 fully saturated rings. The first-order chi connectivity index (χ1) is 8.72. The predicted octanol–water partition coefficient (Wildman–Crippen LogP) is 1.67. The maximum Gasteiger partial charge on any atom is 0.165 e. The molecule has 0 spiro atoms. The third-order valence-corrected chi connectivity index (χ3v) is 3.54. The number of benzene rings is 1. The second kappa shape index (κ2) is 4.44. The van der Waals surface area contributed by atoms with E-state index >= 15 is 0 Å². The van der Waals surface area contributed by atoms with Gasteiger partial charge >= 0.3 is 0 Å². The van der Waals surface area contributed by atoms with Crippen molar-refractivity contribution in [2.45, 2.75) is 31.5 Å². The zero-order chi connectivity index (χ0) is 12.6. The monoisotopic (exact) mass is 250 g/mol. The summed E-state index contributed by atoms with van der Waals surface area (Å²) in [5, 5.41) is 10.1. The molecule has 1 aliphatic heterocycles. The van der Waals surface area contributed by atoms with E-state index in [1.54, 1.807) is 7.11 Å². The largest absolute Gasteiger partial charge is 0.486 e. The number of aliphatic hydroxyl groups is 1. The molecule has 1 saturated carbocycles. The third-order valence-electron chi connectivity index (χ3n) is 3.54. The van der Waals surface area contributed by atoms with Crippen molar-refractivity contribution in [3.8, 4) is 11.5 Å². The van der Waals surface area contributed by atoms with Gasteiger partial charge in [0, 0.05) is 19.1 Å². The minimum absolute atomic E-state index is 0.530. The zero-order valence-corrected chi connectivity index (χ0v) is 10.6. The van der Waals surface area contributed by atoms with Gasteiger partial charge in [-0.15, -0.1) is 0 Å². The molecule has 0 amide bonds. The van der Waals surface area contributed by atoms with Crippen LogP contribution in [0.2, 0.25) is 0 Å². The lowest BCUT2D eigenvalue weighted by molar-refractivity contribution is 0.139. The molecule has 1 N–H and O–H groups in total. The van der Waals surface area contributed by atoms with Crippen molar-refractivity contribution in [2.24, 2.45) is 0 Å². The third kappa shape index (κ3) is 2.18. The molecule has 0 aromatic heterocycles. The molecule has 0 saturated heterocycles. The maximum absolute atomic E-state index is 10.1. The molecule has 4 nitrogen and oxygen atoms in total. The van der Waals surface area contributed by atoms with Crippen molar-refractivity contribution < 1.29 is 19.3 Å². The minimum atomic E-state index is -0.543. The summed E-state index contributed by atoms with van der Waals surface area (Å²) >= 11 is 0. The van der Waals surface area contributed by atoms with Crippen LogP contribution in [0.25, 0.3) is 0 Å². The lowest BCUT2D eigenvalue weighted by Gasteiger charge is -2.24. The van der Waals surface area contributed by atoms with Gasteiger partial charge in [0.1, 0.15) is 13.2 Å². The Morgan fingerprint density at radius 2 is 2.06 bits per heavy atom. The SMILES string of the molecule is COCc1ccc2c(c1CC1(O)CC1)OCCO2. The van der Waals surface area contributed by atoms with E-state index in [0.717, 1.165) is 35.5 Å². The molecule has 1 aromatic carbocycles. The Morgan fingerprint density at radius 3 is 2.78 bits per heavy atom. The van der Waals surface area contributed by atoms with Crippen LogP contribution in [0.5, 0.6) is 11.5 Å². The zero-order valence-electron chi connectivity index (χ0n) is 10.6. The Labute approximate surface area is 106 Å². The maximum atomic E-state index is 10.1. The molecule has 4 heteroatoms. The van der Waals surface area contributed by atoms with E-state index < -0.39 is 5.60 Å². The molecule has 1 aliphatic carbocycles. The van der Waals surface area contributed by atoms with E-state index in [9.17, 15) is 5.11 Å². The van der Waals surface area contributed by atoms with Crippen LogP contribution < -0.4 is 9.47 Å². The van der Waals surface area contributed by atoms with Gasteiger partial charge in [0.2, 0.25) is 0 Å². The topological polar surface area (TPSA) is 47.9 Å². The Kier molecular flexibility index (Phi) is 2.92. The molecule has 0 unspecified atom stereocenters. The standard InChI is InChI=1S/C14H18O4/c1-16-9-10-2-3-12-13(18-7-6-17-12)11(10)8-14(15)4-5-14/h2-3,15H,4-9H2,1H3. The fourth-order valence-corrected chi connectivity index (χ4v) is 2.35. The van der Waals surface area contributed by atoms with E-state index in [4.69, 9.17) is 14.2 Å². The highest BCUT2D eigenvalue weighted by molar-refractivity contribution is 5.52. The summed E-state index contributed by atoms with van der Waals surface area (Å²) in [6.45, 7) is 1.68. The van der Waals surface area contributed by atoms with Crippen LogP contribution in [0.15, 0.2) is 12.1 Å². The molecule has 1 aromatic rings. The lowest BCUT2D eigenvalue weighted by atomic mass is 9.98. The van der Waals surface area contributed by atoms with Gasteiger partial charge < -0.3 is 19.3 Å². The van der Waals surface area contributed by atoms with E-state index in [1.807, 2.05) is 12.1 Å². The van der Waals surface area contributed by atoms with Gasteiger partial charge in [-0.3, -0.25) is 0 Å². The molecular formula is C14H18O4. The molecule has 0 radical (unpaired) electrons. The van der Waals surface area contributed by atoms with Crippen LogP contribution >= 0.6 is 0 Å². The van der Waals surface area contributed by atoms with Gasteiger partial charge in [0.25, 0.3) is 0 Å². The van der Waals surface area contributed by atoms with Crippen molar-refractivity contribution in [3.63, 3.8) is 0 Å². The highest BCUT2D eigenvalue weighted by Crippen LogP contribution is 2.44. The summed E-state index contributed by atoms with van der Waals surface area (Å²) in [4.78, 5) is 0. The predicted molar refractivity (Wildman–Crippen MR) is 66.0 cm³/mol. The van der Waals surface area contributed by atoms with Gasteiger partial charge in [-0.25, -0.2) is 0 Å². The quantitative estimate of drug-likeness (QED) is 0.883. The average Bonchev–Trinajstić information content (AvgIpc) is 3.10. The minimum Gasteiger partial charge on any atom is -0.486 e. The number of rotatable bonds is 4. The second-order valence-electron chi connectivity index (χ2n) is 5.06. The van der Waals surface area contributed by atoms with Crippen LogP contribution in [-0.2, 0) is 17.8 Å². The average molecular weight is 250 g/mol. The van der Waals surface area contributed by atoms with Crippen molar-refractivity contribution >= 4 is 0 Å². The fourth-order valence-electron chi connectivity index (χ4n) is 2.35. The fraction of sp³-hybridized carbons (Fsp3) is 0.571. The van der Waals surface area contributed by atoms with Crippen LogP contribution in [-0.4, -0.2) is 31.0 Å². The Hall–Kier alpha value is -1.26. The van der Waals surface area contributed by atoms with Crippen molar-refractivity contribution in [1.29, 1.82) is 0 Å². The van der Waals surface area contributed by atoms with Crippen LogP contribution in [0.1, 0.15) is 24.0 Å². The van der Waals surface area contributed by atoms with E-state index in [0.29, 0.717) is 26.2 Å². The molecule has 3 rings (SSSR count). The molecule has 2 aliphatic rings. The van der Waals surface area contributed by atoms with Crippen molar-refractivity contribution in [3.05, 3.63) is 23.3 Å². The summed E-state index contributed by atoms with van der Waals surface area (Å²) in [5.41, 5.74) is 1.56. The van der Waals surface area contributed by atoms with Gasteiger partial charge in [-0.05, 0) is 24.5 Å². The summed E-state index contributed by atoms with van der Waals surface area (Å²) in [6.07, 6.45) is 2.35. The summed E-state index contributed by atoms with van der Waals surface area (Å²) in [5.74, 6) is 1.57. The van der Waals surface area contributed by atoms with Gasteiger partial charge in [-0.2, -0.15) is 0 Å². The molecule has 18 heavy (non-hydrogen) atoms. The molecular weight excluding hydrogens is 232 g/mol. The molecule has 0 atom stereocenters. The molecule has 98 valence electrons. The van der Waals surface area contributed by atoms with E-state index in [-0.39, 0.29) is 0 Å². The lowest BCUT2D eigenvalue weighted by Crippen LogP contribution is -2.20. The number of methoxy groups -OCH3 is 1. The Morgan fingerprint density at radius 1 is 1.28 bits per heavy atom. The van der Waals surface area contributed by atoms with Crippen LogP contribution in [0, 0.1) is 0 Å². The summed E-state index contributed by atoms with van der Waals surface area (Å²) in [7, 11) is 1.67. The first-order valence-electron chi connectivity index (χ1n) is 6.33. The van der Waals surface area contributed by atoms with Gasteiger partial charge in [0.05, 0.1) is 12.2 Å². The van der Waals surface area contributed by atoms with Crippen LogP contribution in [0.4, 0.5) is 0 Å². The number of hydrogen-bond acceptors (Lipinski definition) is 4. The normalized spacial score (nSPS) is 19.7. The van der Waals surface area contributed by atoms with Crippen molar-refractivity contribution in [2.75, 3.05) is 20.3 Å². The van der Waals surface area contributed by atoms with Crippen LogP contribution in [0.3, 0.4) is 0 Å². The van der Waals surface area contributed by atoms with Gasteiger partial charge in [-0.1, -0.05) is 6.07 Å². The van der Waals surface area contributed by atoms with E-state index in [1.165, 1.54) is 0 Å². The first-order valence-corrected chi connectivity index (χ1v) is 6.33. The number of fused-ring (bicyclic) bond motifs is 1. The smallest absolute Gasteiger partial charge is 0.165 e. The van der Waals surface area contributed by atoms with Gasteiger partial charge in [0.15, 0.2) is 11.5 Å². The summed E-state index contributed by atoms with van der Waals surface area (Å²) in [6, 6.07) is 3.92. The first kappa shape index (κ1) is 11.8. The Balaban J connectivity index is 1.99. The highest BCUT2D eigenvalue weighted by Gasteiger charge is 2.42. The molecule has 1 heterocycles. The second-order valence-corrected chi connectivity index (χ2v) is 5.06. The summed E-state index contributed by atoms with van der Waals surface area (Å²) < 4.78 is 16.5.